The first-order chi connectivity index (χ1) is 9.16. The number of hydrogen-bond acceptors (Lipinski definition) is 5. The van der Waals surface area contributed by atoms with Crippen molar-refractivity contribution >= 4 is 17.2 Å². The Hall–Kier alpha value is -1.73. The summed E-state index contributed by atoms with van der Waals surface area (Å²) in [5.74, 6) is -0.149. The molecule has 2 heterocycles. The second-order valence-electron chi connectivity index (χ2n) is 4.24. The molecule has 0 aliphatic carbocycles. The van der Waals surface area contributed by atoms with Gasteiger partial charge in [0.05, 0.1) is 6.04 Å². The van der Waals surface area contributed by atoms with Crippen LogP contribution < -0.4 is 11.1 Å². The van der Waals surface area contributed by atoms with Gasteiger partial charge in [-0.3, -0.25) is 9.48 Å². The first kappa shape index (κ1) is 13.7. The standard InChI is InChI=1S/C12H17N5OS/c1-9(13)12-16-10(8-19-12)11(18)14-4-2-6-17-7-3-5-15-17/h3,5,7-9H,2,4,6,13H2,1H3,(H,14,18). The number of amides is 1. The Morgan fingerprint density at radius 3 is 3.11 bits per heavy atom. The van der Waals surface area contributed by atoms with E-state index in [1.165, 1.54) is 11.3 Å². The summed E-state index contributed by atoms with van der Waals surface area (Å²) in [4.78, 5) is 16.0. The molecule has 6 nitrogen and oxygen atoms in total. The summed E-state index contributed by atoms with van der Waals surface area (Å²) in [6.45, 7) is 3.24. The van der Waals surface area contributed by atoms with Crippen molar-refractivity contribution < 1.29 is 4.79 Å². The Morgan fingerprint density at radius 2 is 2.47 bits per heavy atom. The lowest BCUT2D eigenvalue weighted by Crippen LogP contribution is -2.25. The van der Waals surface area contributed by atoms with Crippen LogP contribution in [0, 0.1) is 0 Å². The van der Waals surface area contributed by atoms with Crippen molar-refractivity contribution in [3.63, 3.8) is 0 Å². The van der Waals surface area contributed by atoms with Crippen LogP contribution in [0.3, 0.4) is 0 Å². The van der Waals surface area contributed by atoms with E-state index in [9.17, 15) is 4.79 Å². The predicted molar refractivity (Wildman–Crippen MR) is 73.9 cm³/mol. The largest absolute Gasteiger partial charge is 0.351 e. The van der Waals surface area contributed by atoms with Crippen LogP contribution in [0.1, 0.15) is 34.9 Å². The van der Waals surface area contributed by atoms with E-state index in [1.807, 2.05) is 23.9 Å². The van der Waals surface area contributed by atoms with Gasteiger partial charge >= 0.3 is 0 Å². The molecule has 0 fully saturated rings. The highest BCUT2D eigenvalue weighted by molar-refractivity contribution is 7.09. The average molecular weight is 279 g/mol. The van der Waals surface area contributed by atoms with Gasteiger partial charge in [-0.2, -0.15) is 5.10 Å². The third kappa shape index (κ3) is 3.87. The lowest BCUT2D eigenvalue weighted by Gasteiger charge is -2.03. The molecule has 0 saturated carbocycles. The number of aromatic nitrogens is 3. The molecule has 0 radical (unpaired) electrons. The van der Waals surface area contributed by atoms with Gasteiger partial charge in [-0.25, -0.2) is 4.98 Å². The fourth-order valence-electron chi connectivity index (χ4n) is 1.57. The highest BCUT2D eigenvalue weighted by Gasteiger charge is 2.11. The van der Waals surface area contributed by atoms with E-state index in [2.05, 4.69) is 15.4 Å². The third-order valence-corrected chi connectivity index (χ3v) is 3.60. The van der Waals surface area contributed by atoms with Crippen molar-refractivity contribution in [2.75, 3.05) is 6.54 Å². The summed E-state index contributed by atoms with van der Waals surface area (Å²) >= 11 is 1.41. The van der Waals surface area contributed by atoms with Crippen LogP contribution in [0.25, 0.3) is 0 Å². The molecule has 0 spiro atoms. The zero-order valence-corrected chi connectivity index (χ0v) is 11.6. The first-order valence-electron chi connectivity index (χ1n) is 6.13. The highest BCUT2D eigenvalue weighted by atomic mass is 32.1. The van der Waals surface area contributed by atoms with Crippen LogP contribution in [0.5, 0.6) is 0 Å². The molecular formula is C12H17N5OS. The SMILES string of the molecule is CC(N)c1nc(C(=O)NCCCn2cccn2)cs1. The second-order valence-corrected chi connectivity index (χ2v) is 5.13. The Labute approximate surface area is 115 Å². The van der Waals surface area contributed by atoms with Gasteiger partial charge in [-0.1, -0.05) is 0 Å². The maximum absolute atomic E-state index is 11.8. The predicted octanol–water partition coefficient (Wildman–Crippen LogP) is 1.18. The topological polar surface area (TPSA) is 85.8 Å². The van der Waals surface area contributed by atoms with Crippen LogP contribution in [0.2, 0.25) is 0 Å². The zero-order chi connectivity index (χ0) is 13.7. The van der Waals surface area contributed by atoms with Crippen LogP contribution >= 0.6 is 11.3 Å². The molecule has 3 N–H and O–H groups in total. The van der Waals surface area contributed by atoms with E-state index >= 15 is 0 Å². The van der Waals surface area contributed by atoms with Crippen LogP contribution in [0.4, 0.5) is 0 Å². The van der Waals surface area contributed by atoms with Crippen molar-refractivity contribution in [1.82, 2.24) is 20.1 Å². The van der Waals surface area contributed by atoms with E-state index in [4.69, 9.17) is 5.73 Å². The fourth-order valence-corrected chi connectivity index (χ4v) is 2.33. The summed E-state index contributed by atoms with van der Waals surface area (Å²) in [5.41, 5.74) is 6.15. The van der Waals surface area contributed by atoms with Gasteiger partial charge in [0, 0.05) is 30.9 Å². The average Bonchev–Trinajstić information content (AvgIpc) is 3.05. The lowest BCUT2D eigenvalue weighted by atomic mass is 10.3. The number of nitrogens with zero attached hydrogens (tertiary/aromatic N) is 3. The van der Waals surface area contributed by atoms with E-state index < -0.39 is 0 Å². The number of nitrogens with one attached hydrogen (secondary N) is 1. The minimum atomic E-state index is -0.149. The van der Waals surface area contributed by atoms with Gasteiger partial charge in [0.2, 0.25) is 0 Å². The Morgan fingerprint density at radius 1 is 1.63 bits per heavy atom. The first-order valence-corrected chi connectivity index (χ1v) is 7.01. The quantitative estimate of drug-likeness (QED) is 0.777. The second kappa shape index (κ2) is 6.44. The minimum Gasteiger partial charge on any atom is -0.351 e. The molecule has 1 atom stereocenters. The van der Waals surface area contributed by atoms with Crippen LogP contribution in [-0.4, -0.2) is 27.2 Å². The minimum absolute atomic E-state index is 0.133. The summed E-state index contributed by atoms with van der Waals surface area (Å²) in [6.07, 6.45) is 4.47. The number of hydrogen-bond donors (Lipinski definition) is 2. The summed E-state index contributed by atoms with van der Waals surface area (Å²) in [7, 11) is 0. The molecule has 0 aliphatic rings. The van der Waals surface area contributed by atoms with Crippen molar-refractivity contribution in [1.29, 1.82) is 0 Å². The van der Waals surface area contributed by atoms with Crippen molar-refractivity contribution in [2.24, 2.45) is 5.73 Å². The molecule has 0 bridgehead atoms. The maximum Gasteiger partial charge on any atom is 0.270 e. The molecule has 2 aromatic heterocycles. The summed E-state index contributed by atoms with van der Waals surface area (Å²) < 4.78 is 1.84. The Bertz CT molecular complexity index is 520. The van der Waals surface area contributed by atoms with E-state index in [0.29, 0.717) is 12.2 Å². The number of carbonyl (C=O) groups is 1. The summed E-state index contributed by atoms with van der Waals surface area (Å²) in [5, 5.41) is 9.45. The molecule has 19 heavy (non-hydrogen) atoms. The molecule has 102 valence electrons. The molecule has 0 saturated heterocycles. The fraction of sp³-hybridized carbons (Fsp3) is 0.417. The lowest BCUT2D eigenvalue weighted by molar-refractivity contribution is 0.0948. The maximum atomic E-state index is 11.8. The Balaban J connectivity index is 1.74. The van der Waals surface area contributed by atoms with Crippen molar-refractivity contribution in [3.05, 3.63) is 34.5 Å². The normalized spacial score (nSPS) is 12.3. The third-order valence-electron chi connectivity index (χ3n) is 2.55. The van der Waals surface area contributed by atoms with Crippen LogP contribution in [0.15, 0.2) is 23.8 Å². The van der Waals surface area contributed by atoms with Gasteiger partial charge < -0.3 is 11.1 Å². The molecule has 2 aromatic rings. The number of thiazole rings is 1. The monoisotopic (exact) mass is 279 g/mol. The van der Waals surface area contributed by atoms with E-state index in [-0.39, 0.29) is 11.9 Å². The number of aryl methyl sites for hydroxylation is 1. The molecular weight excluding hydrogens is 262 g/mol. The van der Waals surface area contributed by atoms with Gasteiger partial charge in [0.15, 0.2) is 0 Å². The van der Waals surface area contributed by atoms with E-state index in [0.717, 1.165) is 18.0 Å². The van der Waals surface area contributed by atoms with Gasteiger partial charge in [-0.15, -0.1) is 11.3 Å². The number of nitrogens with two attached hydrogens (primary N) is 1. The van der Waals surface area contributed by atoms with E-state index in [1.54, 1.807) is 11.6 Å². The molecule has 0 aliphatic heterocycles. The van der Waals surface area contributed by atoms with Crippen LogP contribution in [-0.2, 0) is 6.54 Å². The summed E-state index contributed by atoms with van der Waals surface area (Å²) in [6, 6.07) is 1.75. The van der Waals surface area contributed by atoms with Gasteiger partial charge in [0.1, 0.15) is 10.7 Å². The highest BCUT2D eigenvalue weighted by Crippen LogP contribution is 2.15. The smallest absolute Gasteiger partial charge is 0.270 e. The van der Waals surface area contributed by atoms with Gasteiger partial charge in [0.25, 0.3) is 5.91 Å². The number of carbonyl (C=O) groups excluding carboxylic acids is 1. The number of rotatable bonds is 6. The van der Waals surface area contributed by atoms with Crippen molar-refractivity contribution in [2.45, 2.75) is 25.9 Å². The van der Waals surface area contributed by atoms with Crippen molar-refractivity contribution in [3.8, 4) is 0 Å². The molecule has 7 heteroatoms. The van der Waals surface area contributed by atoms with Gasteiger partial charge in [-0.05, 0) is 19.4 Å². The zero-order valence-electron chi connectivity index (χ0n) is 10.7. The molecule has 1 amide bonds. The molecule has 0 aromatic carbocycles. The molecule has 1 unspecified atom stereocenters. The molecule has 2 rings (SSSR count). The Kier molecular flexibility index (Phi) is 4.64.